The van der Waals surface area contributed by atoms with Gasteiger partial charge >= 0.3 is 0 Å². The monoisotopic (exact) mass is 310 g/mol. The Morgan fingerprint density at radius 1 is 1.20 bits per heavy atom. The van der Waals surface area contributed by atoms with Crippen LogP contribution in [0.25, 0.3) is 0 Å². The Bertz CT molecular complexity index is 680. The Kier molecular flexibility index (Phi) is 3.40. The highest BCUT2D eigenvalue weighted by Gasteiger charge is 2.30. The van der Waals surface area contributed by atoms with Crippen molar-refractivity contribution in [3.63, 3.8) is 0 Å². The second-order valence-corrected chi connectivity index (χ2v) is 5.35. The summed E-state index contributed by atoms with van der Waals surface area (Å²) in [7, 11) is 0. The maximum absolute atomic E-state index is 13.9. The average molecular weight is 311 g/mol. The van der Waals surface area contributed by atoms with Crippen LogP contribution in [0.2, 0.25) is 10.0 Å². The molecule has 3 rings (SSSR count). The number of hydrogen-bond donors (Lipinski definition) is 0. The zero-order valence-corrected chi connectivity index (χ0v) is 11.7. The van der Waals surface area contributed by atoms with Crippen LogP contribution in [0.15, 0.2) is 36.4 Å². The number of fused-ring (bicyclic) bond motifs is 1. The van der Waals surface area contributed by atoms with Crippen molar-refractivity contribution in [2.24, 2.45) is 0 Å². The van der Waals surface area contributed by atoms with E-state index in [9.17, 15) is 9.18 Å². The zero-order chi connectivity index (χ0) is 14.3. The third-order valence-electron chi connectivity index (χ3n) is 3.20. The van der Waals surface area contributed by atoms with Gasteiger partial charge in [-0.25, -0.2) is 4.39 Å². The maximum Gasteiger partial charge on any atom is 0.170 e. The van der Waals surface area contributed by atoms with Crippen molar-refractivity contribution in [2.75, 3.05) is 0 Å². The van der Waals surface area contributed by atoms with Crippen molar-refractivity contribution in [1.29, 1.82) is 0 Å². The van der Waals surface area contributed by atoms with Gasteiger partial charge in [0.25, 0.3) is 0 Å². The van der Waals surface area contributed by atoms with E-state index in [1.165, 1.54) is 12.1 Å². The number of ketones is 1. The van der Waals surface area contributed by atoms with E-state index in [2.05, 4.69) is 0 Å². The summed E-state index contributed by atoms with van der Waals surface area (Å²) in [6.07, 6.45) is -0.682. The van der Waals surface area contributed by atoms with Crippen LogP contribution >= 0.6 is 23.2 Å². The van der Waals surface area contributed by atoms with Gasteiger partial charge in [-0.1, -0.05) is 29.3 Å². The molecular formula is C15H9Cl2FO2. The molecule has 0 saturated heterocycles. The van der Waals surface area contributed by atoms with Crippen molar-refractivity contribution in [3.8, 4) is 5.75 Å². The van der Waals surface area contributed by atoms with E-state index in [1.54, 1.807) is 24.3 Å². The van der Waals surface area contributed by atoms with E-state index in [0.717, 1.165) is 0 Å². The van der Waals surface area contributed by atoms with Gasteiger partial charge in [-0.3, -0.25) is 4.79 Å². The predicted octanol–water partition coefficient (Wildman–Crippen LogP) is 4.84. The molecule has 1 heterocycles. The summed E-state index contributed by atoms with van der Waals surface area (Å²) in [5.41, 5.74) is 0.629. The number of Topliss-reactive ketones (excluding diaryl/α,β-unsaturated/α-hetero) is 1. The fourth-order valence-electron chi connectivity index (χ4n) is 2.28. The van der Waals surface area contributed by atoms with Crippen LogP contribution in [-0.2, 0) is 0 Å². The van der Waals surface area contributed by atoms with Crippen molar-refractivity contribution in [1.82, 2.24) is 0 Å². The third kappa shape index (κ3) is 2.28. The van der Waals surface area contributed by atoms with E-state index in [4.69, 9.17) is 27.9 Å². The zero-order valence-electron chi connectivity index (χ0n) is 10.2. The maximum atomic E-state index is 13.9. The van der Waals surface area contributed by atoms with Crippen LogP contribution in [0.1, 0.15) is 28.4 Å². The van der Waals surface area contributed by atoms with Gasteiger partial charge in [0, 0.05) is 10.6 Å². The molecule has 0 aliphatic carbocycles. The number of hydrogen-bond acceptors (Lipinski definition) is 2. The number of carbonyl (C=O) groups excluding carboxylic acids is 1. The topological polar surface area (TPSA) is 26.3 Å². The Balaban J connectivity index is 2.04. The first-order valence-electron chi connectivity index (χ1n) is 5.99. The normalized spacial score (nSPS) is 17.6. The van der Waals surface area contributed by atoms with Crippen molar-refractivity contribution in [3.05, 3.63) is 63.4 Å². The van der Waals surface area contributed by atoms with Gasteiger partial charge in [-0.2, -0.15) is 0 Å². The minimum Gasteiger partial charge on any atom is -0.484 e. The van der Waals surface area contributed by atoms with E-state index in [0.29, 0.717) is 16.3 Å². The second kappa shape index (κ2) is 5.08. The molecule has 0 spiro atoms. The highest BCUT2D eigenvalue weighted by Crippen LogP contribution is 2.39. The summed E-state index contributed by atoms with van der Waals surface area (Å²) in [5, 5.41) is 0.711. The molecule has 0 aromatic heterocycles. The molecule has 1 unspecified atom stereocenters. The molecule has 0 N–H and O–H groups in total. The number of rotatable bonds is 1. The first-order valence-corrected chi connectivity index (χ1v) is 6.75. The molecule has 1 aliphatic rings. The molecule has 0 amide bonds. The number of benzene rings is 2. The van der Waals surface area contributed by atoms with E-state index < -0.39 is 11.9 Å². The van der Waals surface area contributed by atoms with E-state index >= 15 is 0 Å². The summed E-state index contributed by atoms with van der Waals surface area (Å²) in [4.78, 5) is 12.1. The minimum atomic E-state index is -0.718. The molecule has 2 aromatic carbocycles. The summed E-state index contributed by atoms with van der Waals surface area (Å²) >= 11 is 11.9. The van der Waals surface area contributed by atoms with Crippen molar-refractivity contribution < 1.29 is 13.9 Å². The Hall–Kier alpha value is -1.58. The Labute approximate surface area is 125 Å². The Morgan fingerprint density at radius 2 is 2.00 bits per heavy atom. The molecule has 2 aromatic rings. The first kappa shape index (κ1) is 13.4. The molecule has 5 heteroatoms. The van der Waals surface area contributed by atoms with E-state index in [-0.39, 0.29) is 22.8 Å². The molecule has 20 heavy (non-hydrogen) atoms. The number of ether oxygens (including phenoxy) is 1. The third-order valence-corrected chi connectivity index (χ3v) is 3.77. The van der Waals surface area contributed by atoms with E-state index in [1.807, 2.05) is 0 Å². The largest absolute Gasteiger partial charge is 0.484 e. The number of carbonyl (C=O) groups is 1. The predicted molar refractivity (Wildman–Crippen MR) is 75.2 cm³/mol. The van der Waals surface area contributed by atoms with Crippen molar-refractivity contribution in [2.45, 2.75) is 12.5 Å². The number of halogens is 3. The standard InChI is InChI=1S/C15H9Cl2FO2/c16-8-4-5-13-9(6-8)12(19)7-14(20-13)15-10(17)2-1-3-11(15)18/h1-6,14H,7H2. The van der Waals surface area contributed by atoms with Gasteiger partial charge in [-0.15, -0.1) is 0 Å². The highest BCUT2D eigenvalue weighted by atomic mass is 35.5. The second-order valence-electron chi connectivity index (χ2n) is 4.51. The van der Waals surface area contributed by atoms with Gasteiger partial charge < -0.3 is 4.74 Å². The molecule has 1 atom stereocenters. The molecular weight excluding hydrogens is 302 g/mol. The van der Waals surface area contributed by atoms with Crippen LogP contribution in [0.3, 0.4) is 0 Å². The molecule has 0 radical (unpaired) electrons. The Morgan fingerprint density at radius 3 is 2.75 bits per heavy atom. The summed E-state index contributed by atoms with van der Waals surface area (Å²) in [5.74, 6) is -0.222. The van der Waals surface area contributed by atoms with Crippen molar-refractivity contribution >= 4 is 29.0 Å². The van der Waals surface area contributed by atoms with Gasteiger partial charge in [0.05, 0.1) is 17.0 Å². The molecule has 2 nitrogen and oxygen atoms in total. The lowest BCUT2D eigenvalue weighted by Crippen LogP contribution is -2.21. The fourth-order valence-corrected chi connectivity index (χ4v) is 2.73. The quantitative estimate of drug-likeness (QED) is 0.753. The SMILES string of the molecule is O=C1CC(c2c(F)cccc2Cl)Oc2ccc(Cl)cc21. The van der Waals surface area contributed by atoms with Gasteiger partial charge in [0.2, 0.25) is 0 Å². The summed E-state index contributed by atoms with van der Waals surface area (Å²) in [6, 6.07) is 9.17. The fraction of sp³-hybridized carbons (Fsp3) is 0.133. The summed E-state index contributed by atoms with van der Waals surface area (Å²) in [6.45, 7) is 0. The van der Waals surface area contributed by atoms with Gasteiger partial charge in [0.1, 0.15) is 17.7 Å². The highest BCUT2D eigenvalue weighted by molar-refractivity contribution is 6.31. The first-order chi connectivity index (χ1) is 9.56. The van der Waals surface area contributed by atoms with Gasteiger partial charge in [0.15, 0.2) is 5.78 Å². The van der Waals surface area contributed by atoms with Crippen LogP contribution in [0.4, 0.5) is 4.39 Å². The van der Waals surface area contributed by atoms with Crippen LogP contribution < -0.4 is 4.74 Å². The summed E-state index contributed by atoms with van der Waals surface area (Å²) < 4.78 is 19.6. The molecule has 0 bridgehead atoms. The lowest BCUT2D eigenvalue weighted by atomic mass is 9.96. The lowest BCUT2D eigenvalue weighted by Gasteiger charge is -2.26. The molecule has 1 aliphatic heterocycles. The molecule has 0 fully saturated rings. The molecule has 0 saturated carbocycles. The van der Waals surface area contributed by atoms with Gasteiger partial charge in [-0.05, 0) is 30.3 Å². The lowest BCUT2D eigenvalue weighted by molar-refractivity contribution is 0.0846. The molecule has 102 valence electrons. The minimum absolute atomic E-state index is 0.0357. The average Bonchev–Trinajstić information content (AvgIpc) is 2.39. The van der Waals surface area contributed by atoms with Crippen LogP contribution in [0.5, 0.6) is 5.75 Å². The van der Waals surface area contributed by atoms with Crippen LogP contribution in [0, 0.1) is 5.82 Å². The smallest absolute Gasteiger partial charge is 0.170 e. The van der Waals surface area contributed by atoms with Crippen LogP contribution in [-0.4, -0.2) is 5.78 Å².